The Balaban J connectivity index is 1.48. The normalized spacial score (nSPS) is 16.0. The second-order valence-corrected chi connectivity index (χ2v) is 7.59. The first kappa shape index (κ1) is 20.5. The van der Waals surface area contributed by atoms with Gasteiger partial charge in [0.05, 0.1) is 11.7 Å². The fourth-order valence-corrected chi connectivity index (χ4v) is 3.53. The monoisotopic (exact) mass is 415 g/mol. The van der Waals surface area contributed by atoms with E-state index < -0.39 is 12.1 Å². The van der Waals surface area contributed by atoms with Gasteiger partial charge in [-0.1, -0.05) is 60.7 Å². The lowest BCUT2D eigenvalue weighted by Gasteiger charge is -2.25. The Hall–Kier alpha value is -3.80. The van der Waals surface area contributed by atoms with E-state index in [4.69, 9.17) is 4.74 Å². The van der Waals surface area contributed by atoms with Gasteiger partial charge in [-0.2, -0.15) is 0 Å². The largest absolute Gasteiger partial charge is 0.479 e. The van der Waals surface area contributed by atoms with Crippen LogP contribution in [0, 0.1) is 0 Å². The summed E-state index contributed by atoms with van der Waals surface area (Å²) < 4.78 is 5.58. The van der Waals surface area contributed by atoms with Crippen molar-refractivity contribution in [1.82, 2.24) is 5.32 Å². The maximum Gasteiger partial charge on any atom is 0.265 e. The van der Waals surface area contributed by atoms with Crippen LogP contribution in [0.25, 0.3) is 0 Å². The van der Waals surface area contributed by atoms with Crippen LogP contribution in [-0.4, -0.2) is 24.0 Å². The highest BCUT2D eigenvalue weighted by Crippen LogP contribution is 2.32. The first-order chi connectivity index (χ1) is 15.0. The number of carbonyl (C=O) groups is 2. The summed E-state index contributed by atoms with van der Waals surface area (Å²) in [5.74, 6) is 0.288. The molecule has 1 heterocycles. The van der Waals surface area contributed by atoms with Gasteiger partial charge < -0.3 is 20.7 Å². The molecule has 1 aliphatic rings. The fraction of sp³-hybridized carbons (Fsp3) is 0.200. The fourth-order valence-electron chi connectivity index (χ4n) is 3.53. The quantitative estimate of drug-likeness (QED) is 0.566. The van der Waals surface area contributed by atoms with Crippen LogP contribution in [0.2, 0.25) is 0 Å². The zero-order chi connectivity index (χ0) is 21.8. The Morgan fingerprint density at radius 1 is 0.968 bits per heavy atom. The number of nitrogens with one attached hydrogen (secondary N) is 3. The standard InChI is InChI=1S/C25H25N3O3/c1-16(26-20-13-14-22-21(15-20)27-25(30)17(2)31-22)24(29)28-23(18-9-5-3-6-10-18)19-11-7-4-8-12-19/h3-17,23,26H,1-2H3,(H,27,30)(H,28,29)/t16-,17+/m0/s1. The lowest BCUT2D eigenvalue weighted by atomic mass is 9.98. The molecule has 0 aliphatic carbocycles. The van der Waals surface area contributed by atoms with Crippen molar-refractivity contribution in [2.24, 2.45) is 0 Å². The van der Waals surface area contributed by atoms with Gasteiger partial charge in [-0.3, -0.25) is 9.59 Å². The second kappa shape index (κ2) is 8.92. The minimum Gasteiger partial charge on any atom is -0.479 e. The van der Waals surface area contributed by atoms with Crippen LogP contribution in [0.5, 0.6) is 5.75 Å². The summed E-state index contributed by atoms with van der Waals surface area (Å²) in [4.78, 5) is 24.9. The molecule has 0 bridgehead atoms. The molecule has 2 amide bonds. The molecule has 0 radical (unpaired) electrons. The third-order valence-electron chi connectivity index (χ3n) is 5.24. The third-order valence-corrected chi connectivity index (χ3v) is 5.24. The Kier molecular flexibility index (Phi) is 5.89. The van der Waals surface area contributed by atoms with Gasteiger partial charge in [-0.25, -0.2) is 0 Å². The summed E-state index contributed by atoms with van der Waals surface area (Å²) in [6.45, 7) is 3.51. The minimum absolute atomic E-state index is 0.135. The van der Waals surface area contributed by atoms with Crippen LogP contribution in [0.1, 0.15) is 31.0 Å². The Labute approximate surface area is 181 Å². The average molecular weight is 415 g/mol. The van der Waals surface area contributed by atoms with Gasteiger partial charge in [0.15, 0.2) is 6.10 Å². The van der Waals surface area contributed by atoms with Gasteiger partial charge in [-0.05, 0) is 43.2 Å². The number of benzene rings is 3. The summed E-state index contributed by atoms with van der Waals surface area (Å²) in [6, 6.07) is 24.4. The van der Waals surface area contributed by atoms with E-state index in [1.807, 2.05) is 66.7 Å². The van der Waals surface area contributed by atoms with E-state index >= 15 is 0 Å². The summed E-state index contributed by atoms with van der Waals surface area (Å²) in [5.41, 5.74) is 3.33. The summed E-state index contributed by atoms with van der Waals surface area (Å²) in [5, 5.41) is 9.18. The number of amides is 2. The van der Waals surface area contributed by atoms with Crippen LogP contribution >= 0.6 is 0 Å². The van der Waals surface area contributed by atoms with E-state index in [2.05, 4.69) is 16.0 Å². The van der Waals surface area contributed by atoms with Gasteiger partial charge in [-0.15, -0.1) is 0 Å². The minimum atomic E-state index is -0.524. The molecule has 3 aromatic carbocycles. The predicted molar refractivity (Wildman–Crippen MR) is 121 cm³/mol. The molecule has 31 heavy (non-hydrogen) atoms. The number of anilines is 2. The summed E-state index contributed by atoms with van der Waals surface area (Å²) in [6.07, 6.45) is -0.524. The van der Waals surface area contributed by atoms with E-state index in [9.17, 15) is 9.59 Å². The number of ether oxygens (including phenoxy) is 1. The lowest BCUT2D eigenvalue weighted by Crippen LogP contribution is -2.40. The topological polar surface area (TPSA) is 79.5 Å². The number of rotatable bonds is 6. The molecule has 0 spiro atoms. The second-order valence-electron chi connectivity index (χ2n) is 7.59. The van der Waals surface area contributed by atoms with Gasteiger partial charge in [0.2, 0.25) is 5.91 Å². The summed E-state index contributed by atoms with van der Waals surface area (Å²) in [7, 11) is 0. The zero-order valence-corrected chi connectivity index (χ0v) is 17.5. The van der Waals surface area contributed by atoms with Crippen LogP contribution in [-0.2, 0) is 9.59 Å². The predicted octanol–water partition coefficient (Wildman–Crippen LogP) is 4.11. The van der Waals surface area contributed by atoms with Gasteiger partial charge in [0.25, 0.3) is 5.91 Å². The van der Waals surface area contributed by atoms with Crippen LogP contribution < -0.4 is 20.7 Å². The molecular weight excluding hydrogens is 390 g/mol. The van der Waals surface area contributed by atoms with Gasteiger partial charge >= 0.3 is 0 Å². The Morgan fingerprint density at radius 2 is 1.58 bits per heavy atom. The molecule has 6 nitrogen and oxygen atoms in total. The van der Waals surface area contributed by atoms with Crippen molar-refractivity contribution < 1.29 is 14.3 Å². The SMILES string of the molecule is C[C@H](Nc1ccc2c(c1)NC(=O)[C@@H](C)O2)C(=O)NC(c1ccccc1)c1ccccc1. The van der Waals surface area contributed by atoms with Crippen molar-refractivity contribution in [3.8, 4) is 5.75 Å². The molecule has 0 saturated heterocycles. The molecule has 3 aromatic rings. The van der Waals surface area contributed by atoms with E-state index in [0.717, 1.165) is 16.8 Å². The van der Waals surface area contributed by atoms with E-state index in [1.165, 1.54) is 0 Å². The van der Waals surface area contributed by atoms with Crippen LogP contribution in [0.15, 0.2) is 78.9 Å². The van der Waals surface area contributed by atoms with Crippen molar-refractivity contribution >= 4 is 23.2 Å². The van der Waals surface area contributed by atoms with Crippen molar-refractivity contribution in [3.63, 3.8) is 0 Å². The maximum atomic E-state index is 13.0. The lowest BCUT2D eigenvalue weighted by molar-refractivity contribution is -0.123. The first-order valence-electron chi connectivity index (χ1n) is 10.3. The smallest absolute Gasteiger partial charge is 0.265 e. The molecule has 1 aliphatic heterocycles. The van der Waals surface area contributed by atoms with Crippen molar-refractivity contribution in [2.45, 2.75) is 32.0 Å². The molecule has 6 heteroatoms. The van der Waals surface area contributed by atoms with Gasteiger partial charge in [0, 0.05) is 5.69 Å². The van der Waals surface area contributed by atoms with Crippen LogP contribution in [0.3, 0.4) is 0 Å². The Bertz CT molecular complexity index is 1030. The van der Waals surface area contributed by atoms with Crippen molar-refractivity contribution in [2.75, 3.05) is 10.6 Å². The maximum absolute atomic E-state index is 13.0. The molecule has 0 aromatic heterocycles. The first-order valence-corrected chi connectivity index (χ1v) is 10.3. The molecule has 4 rings (SSSR count). The van der Waals surface area contributed by atoms with Gasteiger partial charge in [0.1, 0.15) is 11.8 Å². The Morgan fingerprint density at radius 3 is 2.19 bits per heavy atom. The molecule has 0 saturated carbocycles. The van der Waals surface area contributed by atoms with Crippen LogP contribution in [0.4, 0.5) is 11.4 Å². The molecule has 158 valence electrons. The molecule has 0 unspecified atom stereocenters. The third kappa shape index (κ3) is 4.69. The number of carbonyl (C=O) groups excluding carboxylic acids is 2. The van der Waals surface area contributed by atoms with E-state index in [-0.39, 0.29) is 17.9 Å². The number of hydrogen-bond donors (Lipinski definition) is 3. The molecule has 3 N–H and O–H groups in total. The van der Waals surface area contributed by atoms with E-state index in [0.29, 0.717) is 11.4 Å². The highest BCUT2D eigenvalue weighted by Gasteiger charge is 2.24. The molecule has 2 atom stereocenters. The molecule has 0 fully saturated rings. The number of hydrogen-bond acceptors (Lipinski definition) is 4. The molecular formula is C25H25N3O3. The average Bonchev–Trinajstić information content (AvgIpc) is 2.79. The van der Waals surface area contributed by atoms with Crippen molar-refractivity contribution in [1.29, 1.82) is 0 Å². The highest BCUT2D eigenvalue weighted by atomic mass is 16.5. The number of fused-ring (bicyclic) bond motifs is 1. The summed E-state index contributed by atoms with van der Waals surface area (Å²) >= 11 is 0. The van der Waals surface area contributed by atoms with Crippen molar-refractivity contribution in [3.05, 3.63) is 90.0 Å². The highest BCUT2D eigenvalue weighted by molar-refractivity contribution is 5.98. The van der Waals surface area contributed by atoms with E-state index in [1.54, 1.807) is 26.0 Å². The zero-order valence-electron chi connectivity index (χ0n) is 17.5.